The maximum atomic E-state index is 13.1. The van der Waals surface area contributed by atoms with Crippen LogP contribution in [0.25, 0.3) is 0 Å². The molecule has 2 unspecified atom stereocenters. The van der Waals surface area contributed by atoms with Crippen LogP contribution in [0.3, 0.4) is 0 Å². The van der Waals surface area contributed by atoms with Crippen LogP contribution >= 0.6 is 0 Å². The first-order chi connectivity index (χ1) is 13.4. The second-order valence-electron chi connectivity index (χ2n) is 6.48. The third kappa shape index (κ3) is 6.61. The summed E-state index contributed by atoms with van der Waals surface area (Å²) in [7, 11) is 0. The Labute approximate surface area is 163 Å². The molecule has 0 fully saturated rings. The number of hydrogen-bond donors (Lipinski definition) is 2. The standard InChI is InChI=1S/C20H25FN4O3/c1-4-18(26)25-17-9-16(7-8-22-17)20(27)24-11-15-5-6-19(23-10-15)28-12-13(2)14(3)21/h5-10,13-14H,4,11-12H2,1-3H3,(H,24,27)(H,22,25,26). The molecule has 0 aromatic carbocycles. The lowest BCUT2D eigenvalue weighted by Crippen LogP contribution is -2.23. The van der Waals surface area contributed by atoms with Crippen LogP contribution in [0.5, 0.6) is 5.88 Å². The number of carbonyl (C=O) groups is 2. The van der Waals surface area contributed by atoms with Crippen LogP contribution in [0, 0.1) is 5.92 Å². The molecule has 0 radical (unpaired) electrons. The number of amides is 2. The molecule has 2 N–H and O–H groups in total. The van der Waals surface area contributed by atoms with E-state index >= 15 is 0 Å². The Hall–Kier alpha value is -3.03. The fourth-order valence-electron chi connectivity index (χ4n) is 2.11. The molecule has 28 heavy (non-hydrogen) atoms. The van der Waals surface area contributed by atoms with Crippen LogP contribution in [0.2, 0.25) is 0 Å². The molecule has 2 amide bonds. The number of rotatable bonds is 9. The first-order valence-electron chi connectivity index (χ1n) is 9.15. The van der Waals surface area contributed by atoms with Gasteiger partial charge in [-0.2, -0.15) is 0 Å². The van der Waals surface area contributed by atoms with E-state index in [0.29, 0.717) is 23.7 Å². The highest BCUT2D eigenvalue weighted by Gasteiger charge is 2.12. The molecule has 0 aliphatic carbocycles. The second-order valence-corrected chi connectivity index (χ2v) is 6.48. The van der Waals surface area contributed by atoms with Crippen LogP contribution in [0.15, 0.2) is 36.7 Å². The van der Waals surface area contributed by atoms with Crippen molar-refractivity contribution in [2.24, 2.45) is 5.92 Å². The molecule has 0 spiro atoms. The van der Waals surface area contributed by atoms with Gasteiger partial charge in [0.15, 0.2) is 0 Å². The van der Waals surface area contributed by atoms with Crippen molar-refractivity contribution in [2.45, 2.75) is 39.9 Å². The highest BCUT2D eigenvalue weighted by molar-refractivity contribution is 5.96. The molecule has 8 heteroatoms. The number of halogens is 1. The topological polar surface area (TPSA) is 93.2 Å². The van der Waals surface area contributed by atoms with Gasteiger partial charge in [-0.1, -0.05) is 19.9 Å². The van der Waals surface area contributed by atoms with Crippen LogP contribution in [0.1, 0.15) is 43.1 Å². The summed E-state index contributed by atoms with van der Waals surface area (Å²) in [5.41, 5.74) is 1.19. The Morgan fingerprint density at radius 3 is 2.64 bits per heavy atom. The fraction of sp³-hybridized carbons (Fsp3) is 0.400. The summed E-state index contributed by atoms with van der Waals surface area (Å²) in [5.74, 6) is 0.0647. The van der Waals surface area contributed by atoms with Crippen molar-refractivity contribution in [2.75, 3.05) is 11.9 Å². The highest BCUT2D eigenvalue weighted by atomic mass is 19.1. The minimum absolute atomic E-state index is 0.172. The zero-order valence-electron chi connectivity index (χ0n) is 16.2. The Bertz CT molecular complexity index is 796. The number of nitrogens with zero attached hydrogens (tertiary/aromatic N) is 2. The third-order valence-corrected chi connectivity index (χ3v) is 4.14. The third-order valence-electron chi connectivity index (χ3n) is 4.14. The van der Waals surface area contributed by atoms with Gasteiger partial charge in [-0.3, -0.25) is 9.59 Å². The number of anilines is 1. The van der Waals surface area contributed by atoms with Crippen molar-refractivity contribution in [3.05, 3.63) is 47.8 Å². The number of nitrogens with one attached hydrogen (secondary N) is 2. The summed E-state index contributed by atoms with van der Waals surface area (Å²) in [6.45, 7) is 5.53. The van der Waals surface area contributed by atoms with E-state index in [9.17, 15) is 14.0 Å². The van der Waals surface area contributed by atoms with Gasteiger partial charge in [0.05, 0.1) is 6.61 Å². The van der Waals surface area contributed by atoms with Crippen molar-refractivity contribution in [3.8, 4) is 5.88 Å². The number of pyridine rings is 2. The average molecular weight is 388 g/mol. The monoisotopic (exact) mass is 388 g/mol. The molecule has 7 nitrogen and oxygen atoms in total. The largest absolute Gasteiger partial charge is 0.477 e. The maximum Gasteiger partial charge on any atom is 0.251 e. The molecule has 0 saturated carbocycles. The van der Waals surface area contributed by atoms with Crippen LogP contribution in [0.4, 0.5) is 10.2 Å². The predicted molar refractivity (Wildman–Crippen MR) is 104 cm³/mol. The molecule has 2 aromatic heterocycles. The summed E-state index contributed by atoms with van der Waals surface area (Å²) in [5, 5.41) is 5.40. The smallest absolute Gasteiger partial charge is 0.251 e. The van der Waals surface area contributed by atoms with Crippen LogP contribution in [-0.2, 0) is 11.3 Å². The van der Waals surface area contributed by atoms with E-state index in [0.717, 1.165) is 5.56 Å². The van der Waals surface area contributed by atoms with Crippen molar-refractivity contribution < 1.29 is 18.7 Å². The first kappa shape index (κ1) is 21.3. The molecule has 0 aliphatic rings. The van der Waals surface area contributed by atoms with Crippen molar-refractivity contribution in [1.29, 1.82) is 0 Å². The summed E-state index contributed by atoms with van der Waals surface area (Å²) in [6, 6.07) is 6.55. The van der Waals surface area contributed by atoms with Crippen LogP contribution < -0.4 is 15.4 Å². The Morgan fingerprint density at radius 1 is 1.21 bits per heavy atom. The van der Waals surface area contributed by atoms with Crippen molar-refractivity contribution in [1.82, 2.24) is 15.3 Å². The molecular weight excluding hydrogens is 363 g/mol. The molecule has 2 rings (SSSR count). The van der Waals surface area contributed by atoms with Crippen molar-refractivity contribution >= 4 is 17.6 Å². The second kappa shape index (κ2) is 10.3. The molecule has 150 valence electrons. The normalized spacial score (nSPS) is 12.7. The zero-order valence-corrected chi connectivity index (χ0v) is 16.2. The van der Waals surface area contributed by atoms with Gasteiger partial charge in [-0.25, -0.2) is 14.4 Å². The minimum Gasteiger partial charge on any atom is -0.477 e. The summed E-state index contributed by atoms with van der Waals surface area (Å²) >= 11 is 0. The summed E-state index contributed by atoms with van der Waals surface area (Å²) in [6.07, 6.45) is 2.45. The van der Waals surface area contributed by atoms with Gasteiger partial charge < -0.3 is 15.4 Å². The molecule has 2 aromatic rings. The number of aromatic nitrogens is 2. The van der Waals surface area contributed by atoms with E-state index in [4.69, 9.17) is 4.74 Å². The molecule has 0 bridgehead atoms. The average Bonchev–Trinajstić information content (AvgIpc) is 2.70. The van der Waals surface area contributed by atoms with Gasteiger partial charge in [0.25, 0.3) is 5.91 Å². The molecule has 2 atom stereocenters. The van der Waals surface area contributed by atoms with E-state index in [2.05, 4.69) is 20.6 Å². The summed E-state index contributed by atoms with van der Waals surface area (Å²) in [4.78, 5) is 31.9. The van der Waals surface area contributed by atoms with Gasteiger partial charge >= 0.3 is 0 Å². The Kier molecular flexibility index (Phi) is 7.86. The SMILES string of the molecule is CCC(=O)Nc1cc(C(=O)NCc2ccc(OCC(C)C(C)F)nc2)ccn1. The van der Waals surface area contributed by atoms with Crippen LogP contribution in [-0.4, -0.2) is 34.6 Å². The number of hydrogen-bond acceptors (Lipinski definition) is 5. The minimum atomic E-state index is -0.946. The Morgan fingerprint density at radius 2 is 2.00 bits per heavy atom. The van der Waals surface area contributed by atoms with Gasteiger partial charge in [0.1, 0.15) is 12.0 Å². The van der Waals surface area contributed by atoms with E-state index < -0.39 is 6.17 Å². The zero-order chi connectivity index (χ0) is 20.5. The van der Waals surface area contributed by atoms with E-state index in [1.165, 1.54) is 19.2 Å². The lowest BCUT2D eigenvalue weighted by Gasteiger charge is -2.13. The number of carbonyl (C=O) groups excluding carboxylic acids is 2. The predicted octanol–water partition coefficient (Wildman–Crippen LogP) is 3.13. The quantitative estimate of drug-likeness (QED) is 0.688. The van der Waals surface area contributed by atoms with Gasteiger partial charge in [0.2, 0.25) is 11.8 Å². The lowest BCUT2D eigenvalue weighted by molar-refractivity contribution is -0.115. The van der Waals surface area contributed by atoms with E-state index in [1.807, 2.05) is 0 Å². The van der Waals surface area contributed by atoms with Gasteiger partial charge in [0, 0.05) is 42.9 Å². The number of alkyl halides is 1. The molecule has 0 aliphatic heterocycles. The maximum absolute atomic E-state index is 13.1. The lowest BCUT2D eigenvalue weighted by atomic mass is 10.1. The molecule has 2 heterocycles. The highest BCUT2D eigenvalue weighted by Crippen LogP contribution is 2.12. The van der Waals surface area contributed by atoms with Gasteiger partial charge in [-0.15, -0.1) is 0 Å². The molecule has 0 saturated heterocycles. The molecular formula is C20H25FN4O3. The van der Waals surface area contributed by atoms with E-state index in [1.54, 1.807) is 38.2 Å². The van der Waals surface area contributed by atoms with E-state index in [-0.39, 0.29) is 30.9 Å². The fourth-order valence-corrected chi connectivity index (χ4v) is 2.11. The first-order valence-corrected chi connectivity index (χ1v) is 9.15. The van der Waals surface area contributed by atoms with Crippen molar-refractivity contribution in [3.63, 3.8) is 0 Å². The number of ether oxygens (including phenoxy) is 1. The summed E-state index contributed by atoms with van der Waals surface area (Å²) < 4.78 is 18.6. The Balaban J connectivity index is 1.87. The van der Waals surface area contributed by atoms with Gasteiger partial charge in [-0.05, 0) is 24.6 Å².